The van der Waals surface area contributed by atoms with Crippen molar-refractivity contribution in [2.24, 2.45) is 5.73 Å². The van der Waals surface area contributed by atoms with Crippen LogP contribution in [0.25, 0.3) is 0 Å². The number of aliphatic hydroxyl groups is 1. The molecule has 1 aromatic rings. The van der Waals surface area contributed by atoms with E-state index < -0.39 is 0 Å². The number of hydrogen-bond donors (Lipinski definition) is 2. The Morgan fingerprint density at radius 1 is 1.32 bits per heavy atom. The lowest BCUT2D eigenvalue weighted by atomic mass is 10.1. The zero-order valence-electron chi connectivity index (χ0n) is 11.3. The number of halogens is 1. The van der Waals surface area contributed by atoms with Crippen LogP contribution in [0.2, 0.25) is 0 Å². The molecule has 0 saturated heterocycles. The molecule has 0 spiro atoms. The Kier molecular flexibility index (Phi) is 5.25. The molecular weight excluding hydrogens is 306 g/mol. The van der Waals surface area contributed by atoms with Gasteiger partial charge in [0.05, 0.1) is 6.10 Å². The second-order valence-electron chi connectivity index (χ2n) is 5.33. The minimum atomic E-state index is -0.373. The van der Waals surface area contributed by atoms with Gasteiger partial charge in [-0.05, 0) is 38.3 Å². The number of aliphatic hydroxyl groups excluding tert-OH is 1. The SMILES string of the molecule is C[C@H](N)c1ccc(Br)cc1OC1CCCCCC1O. The van der Waals surface area contributed by atoms with Crippen LogP contribution in [-0.2, 0) is 0 Å². The minimum Gasteiger partial charge on any atom is -0.487 e. The summed E-state index contributed by atoms with van der Waals surface area (Å²) in [7, 11) is 0. The molecule has 19 heavy (non-hydrogen) atoms. The van der Waals surface area contributed by atoms with Gasteiger partial charge in [-0.1, -0.05) is 34.8 Å². The van der Waals surface area contributed by atoms with Crippen molar-refractivity contribution in [2.75, 3.05) is 0 Å². The van der Waals surface area contributed by atoms with Crippen LogP contribution in [0.15, 0.2) is 22.7 Å². The van der Waals surface area contributed by atoms with Crippen molar-refractivity contribution in [3.05, 3.63) is 28.2 Å². The average molecular weight is 328 g/mol. The predicted molar refractivity (Wildman–Crippen MR) is 80.3 cm³/mol. The molecule has 1 fully saturated rings. The van der Waals surface area contributed by atoms with E-state index in [1.165, 1.54) is 6.42 Å². The van der Waals surface area contributed by atoms with Gasteiger partial charge in [-0.15, -0.1) is 0 Å². The van der Waals surface area contributed by atoms with Crippen molar-refractivity contribution in [2.45, 2.75) is 57.3 Å². The molecule has 2 unspecified atom stereocenters. The van der Waals surface area contributed by atoms with E-state index in [-0.39, 0.29) is 18.2 Å². The van der Waals surface area contributed by atoms with Crippen LogP contribution in [0, 0.1) is 0 Å². The van der Waals surface area contributed by atoms with Crippen molar-refractivity contribution in [1.82, 2.24) is 0 Å². The smallest absolute Gasteiger partial charge is 0.125 e. The standard InChI is InChI=1S/C15H22BrNO2/c1-10(17)12-8-7-11(16)9-15(12)19-14-6-4-2-3-5-13(14)18/h7-10,13-14,18H,2-6,17H2,1H3/t10-,13?,14?/m0/s1. The highest BCUT2D eigenvalue weighted by molar-refractivity contribution is 9.10. The summed E-state index contributed by atoms with van der Waals surface area (Å²) in [5.74, 6) is 0.787. The molecule has 1 aliphatic rings. The first-order valence-corrected chi connectivity index (χ1v) is 7.77. The van der Waals surface area contributed by atoms with E-state index in [0.717, 1.165) is 41.5 Å². The van der Waals surface area contributed by atoms with Gasteiger partial charge < -0.3 is 15.6 Å². The fourth-order valence-corrected chi connectivity index (χ4v) is 2.88. The van der Waals surface area contributed by atoms with E-state index in [9.17, 15) is 5.11 Å². The molecule has 3 N–H and O–H groups in total. The van der Waals surface area contributed by atoms with Crippen molar-refractivity contribution < 1.29 is 9.84 Å². The number of rotatable bonds is 3. The maximum Gasteiger partial charge on any atom is 0.125 e. The van der Waals surface area contributed by atoms with Crippen LogP contribution in [0.5, 0.6) is 5.75 Å². The van der Waals surface area contributed by atoms with Crippen molar-refractivity contribution in [1.29, 1.82) is 0 Å². The fraction of sp³-hybridized carbons (Fsp3) is 0.600. The second kappa shape index (κ2) is 6.73. The molecule has 0 aromatic heterocycles. The van der Waals surface area contributed by atoms with Crippen molar-refractivity contribution in [3.63, 3.8) is 0 Å². The Morgan fingerprint density at radius 3 is 2.79 bits per heavy atom. The molecule has 0 radical (unpaired) electrons. The molecule has 1 aliphatic carbocycles. The molecule has 1 saturated carbocycles. The molecule has 0 amide bonds. The van der Waals surface area contributed by atoms with Crippen molar-refractivity contribution >= 4 is 15.9 Å². The van der Waals surface area contributed by atoms with E-state index in [1.807, 2.05) is 25.1 Å². The second-order valence-corrected chi connectivity index (χ2v) is 6.25. The highest BCUT2D eigenvalue weighted by atomic mass is 79.9. The first-order chi connectivity index (χ1) is 9.08. The molecule has 3 nitrogen and oxygen atoms in total. The third-order valence-electron chi connectivity index (χ3n) is 3.66. The summed E-state index contributed by atoms with van der Waals surface area (Å²) in [6, 6.07) is 5.81. The Hall–Kier alpha value is -0.580. The van der Waals surface area contributed by atoms with Crippen LogP contribution in [-0.4, -0.2) is 17.3 Å². The normalized spacial score (nSPS) is 25.7. The largest absolute Gasteiger partial charge is 0.487 e. The summed E-state index contributed by atoms with van der Waals surface area (Å²) in [6.45, 7) is 1.94. The predicted octanol–water partition coefficient (Wildman–Crippen LogP) is 3.54. The maximum atomic E-state index is 10.1. The van der Waals surface area contributed by atoms with Gasteiger partial charge in [0.25, 0.3) is 0 Å². The first-order valence-electron chi connectivity index (χ1n) is 6.97. The number of ether oxygens (including phenoxy) is 1. The lowest BCUT2D eigenvalue weighted by Crippen LogP contribution is -2.31. The van der Waals surface area contributed by atoms with Crippen molar-refractivity contribution in [3.8, 4) is 5.75 Å². The molecule has 0 bridgehead atoms. The molecular formula is C15H22BrNO2. The summed E-state index contributed by atoms with van der Waals surface area (Å²) in [4.78, 5) is 0. The summed E-state index contributed by atoms with van der Waals surface area (Å²) in [5, 5.41) is 10.1. The number of benzene rings is 1. The van der Waals surface area contributed by atoms with Crippen LogP contribution in [0.1, 0.15) is 50.6 Å². The zero-order valence-corrected chi connectivity index (χ0v) is 12.9. The van der Waals surface area contributed by atoms with E-state index >= 15 is 0 Å². The van der Waals surface area contributed by atoms with E-state index in [2.05, 4.69) is 15.9 Å². The van der Waals surface area contributed by atoms with Crippen LogP contribution in [0.3, 0.4) is 0 Å². The van der Waals surface area contributed by atoms with Gasteiger partial charge in [0.2, 0.25) is 0 Å². The summed E-state index contributed by atoms with van der Waals surface area (Å²) in [5.41, 5.74) is 6.96. The van der Waals surface area contributed by atoms with Crippen LogP contribution >= 0.6 is 15.9 Å². The molecule has 106 valence electrons. The Morgan fingerprint density at radius 2 is 2.05 bits per heavy atom. The van der Waals surface area contributed by atoms with Gasteiger partial charge in [-0.2, -0.15) is 0 Å². The number of hydrogen-bond acceptors (Lipinski definition) is 3. The lowest BCUT2D eigenvalue weighted by molar-refractivity contribution is 0.0312. The summed E-state index contributed by atoms with van der Waals surface area (Å²) >= 11 is 3.46. The van der Waals surface area contributed by atoms with E-state index in [4.69, 9.17) is 10.5 Å². The van der Waals surface area contributed by atoms with E-state index in [0.29, 0.717) is 0 Å². The lowest BCUT2D eigenvalue weighted by Gasteiger charge is -2.24. The Balaban J connectivity index is 2.18. The van der Waals surface area contributed by atoms with Gasteiger partial charge >= 0.3 is 0 Å². The summed E-state index contributed by atoms with van der Waals surface area (Å²) < 4.78 is 7.03. The quantitative estimate of drug-likeness (QED) is 0.835. The highest BCUT2D eigenvalue weighted by Gasteiger charge is 2.24. The Bertz CT molecular complexity index is 423. The monoisotopic (exact) mass is 327 g/mol. The van der Waals surface area contributed by atoms with Gasteiger partial charge in [0.15, 0.2) is 0 Å². The third-order valence-corrected chi connectivity index (χ3v) is 4.16. The van der Waals surface area contributed by atoms with Gasteiger partial charge in [-0.25, -0.2) is 0 Å². The third kappa shape index (κ3) is 3.94. The van der Waals surface area contributed by atoms with Gasteiger partial charge in [-0.3, -0.25) is 0 Å². The van der Waals surface area contributed by atoms with Crippen LogP contribution in [0.4, 0.5) is 0 Å². The molecule has 1 aromatic carbocycles. The topological polar surface area (TPSA) is 55.5 Å². The molecule has 2 rings (SSSR count). The van der Waals surface area contributed by atoms with Crippen LogP contribution < -0.4 is 10.5 Å². The molecule has 0 heterocycles. The first kappa shape index (κ1) is 14.8. The Labute approximate surface area is 123 Å². The van der Waals surface area contributed by atoms with Gasteiger partial charge in [0.1, 0.15) is 11.9 Å². The molecule has 3 atom stereocenters. The minimum absolute atomic E-state index is 0.0778. The van der Waals surface area contributed by atoms with E-state index in [1.54, 1.807) is 0 Å². The fourth-order valence-electron chi connectivity index (χ4n) is 2.54. The molecule has 4 heteroatoms. The maximum absolute atomic E-state index is 10.1. The molecule has 0 aliphatic heterocycles. The average Bonchev–Trinajstić information content (AvgIpc) is 2.55. The highest BCUT2D eigenvalue weighted by Crippen LogP contribution is 2.31. The van der Waals surface area contributed by atoms with Gasteiger partial charge in [0, 0.05) is 16.1 Å². The summed E-state index contributed by atoms with van der Waals surface area (Å²) in [6.07, 6.45) is 4.62. The zero-order chi connectivity index (χ0) is 13.8. The number of nitrogens with two attached hydrogens (primary N) is 1.